The van der Waals surface area contributed by atoms with E-state index in [1.807, 2.05) is 104 Å². The molecule has 0 fully saturated rings. The zero-order chi connectivity index (χ0) is 49.0. The molecule has 0 saturated heterocycles. The van der Waals surface area contributed by atoms with Crippen LogP contribution >= 0.6 is 0 Å². The number of fused-ring (bicyclic) bond motifs is 2. The summed E-state index contributed by atoms with van der Waals surface area (Å²) in [6, 6.07) is 19.5. The summed E-state index contributed by atoms with van der Waals surface area (Å²) >= 11 is 0. The number of rotatable bonds is 18. The molecule has 4 aromatic heterocycles. The molecule has 4 heterocycles. The second-order valence-electron chi connectivity index (χ2n) is 16.9. The Morgan fingerprint density at radius 1 is 0.618 bits per heavy atom. The van der Waals surface area contributed by atoms with Gasteiger partial charge in [0.25, 0.3) is 11.8 Å². The third-order valence-electron chi connectivity index (χ3n) is 11.9. The van der Waals surface area contributed by atoms with E-state index in [0.717, 1.165) is 22.2 Å². The number of amides is 4. The first-order valence-corrected chi connectivity index (χ1v) is 22.9. The van der Waals surface area contributed by atoms with Gasteiger partial charge in [0.05, 0.1) is 35.0 Å². The van der Waals surface area contributed by atoms with Gasteiger partial charge in [0.2, 0.25) is 23.1 Å². The van der Waals surface area contributed by atoms with E-state index in [4.69, 9.17) is 30.9 Å². The SMILES string of the molecule is CCCn1c(=NC(=O)c2cc(C)nn2CC)n(C/C(C)=C(\C)Cn2c(=NC(=O)c3cc(C)nn3CC)n(CCC)c3cc(C(N)=O)cc(OCc4ccc(OC)cc4)c32)c2ccc(C(N)=O)cc21. The summed E-state index contributed by atoms with van der Waals surface area (Å²) in [5, 5.41) is 9.00. The number of hydrogen-bond donors (Lipinski definition) is 2. The summed E-state index contributed by atoms with van der Waals surface area (Å²) in [4.78, 5) is 63.5. The number of nitrogens with zero attached hydrogens (tertiary/aromatic N) is 10. The Morgan fingerprint density at radius 2 is 1.13 bits per heavy atom. The largest absolute Gasteiger partial charge is 0.497 e. The van der Waals surface area contributed by atoms with Gasteiger partial charge in [0.1, 0.15) is 35.0 Å². The monoisotopic (exact) mass is 924 g/mol. The minimum absolute atomic E-state index is 0.147. The Bertz CT molecular complexity index is 3260. The molecule has 3 aromatic carbocycles. The number of aromatic nitrogens is 8. The molecule has 0 aliphatic carbocycles. The number of nitrogens with two attached hydrogens (primary N) is 2. The van der Waals surface area contributed by atoms with Crippen LogP contribution in [0.25, 0.3) is 22.1 Å². The van der Waals surface area contributed by atoms with Crippen molar-refractivity contribution in [1.29, 1.82) is 0 Å². The molecule has 0 bridgehead atoms. The highest BCUT2D eigenvalue weighted by Crippen LogP contribution is 2.30. The lowest BCUT2D eigenvalue weighted by Gasteiger charge is -2.15. The van der Waals surface area contributed by atoms with Crippen molar-refractivity contribution in [3.8, 4) is 11.5 Å². The van der Waals surface area contributed by atoms with E-state index in [0.29, 0.717) is 107 Å². The number of primary amides is 2. The number of benzene rings is 3. The van der Waals surface area contributed by atoms with Crippen LogP contribution in [0.15, 0.2) is 87.9 Å². The second-order valence-corrected chi connectivity index (χ2v) is 16.9. The van der Waals surface area contributed by atoms with Gasteiger partial charge in [-0.05, 0) is 115 Å². The van der Waals surface area contributed by atoms with Gasteiger partial charge in [0.15, 0.2) is 0 Å². The summed E-state index contributed by atoms with van der Waals surface area (Å²) in [5.74, 6) is -1.09. The first-order chi connectivity index (χ1) is 32.6. The van der Waals surface area contributed by atoms with E-state index in [9.17, 15) is 19.2 Å². The van der Waals surface area contributed by atoms with Crippen LogP contribution in [0.3, 0.4) is 0 Å². The fourth-order valence-corrected chi connectivity index (χ4v) is 8.43. The lowest BCUT2D eigenvalue weighted by atomic mass is 10.1. The summed E-state index contributed by atoms with van der Waals surface area (Å²) in [7, 11) is 1.60. The Balaban J connectivity index is 1.46. The summed E-state index contributed by atoms with van der Waals surface area (Å²) in [5.41, 5.74) is 20.4. The van der Waals surface area contributed by atoms with Crippen molar-refractivity contribution in [3.05, 3.63) is 129 Å². The van der Waals surface area contributed by atoms with Crippen LogP contribution in [0.2, 0.25) is 0 Å². The van der Waals surface area contributed by atoms with Gasteiger partial charge in [-0.1, -0.05) is 37.1 Å². The maximum absolute atomic E-state index is 14.3. The van der Waals surface area contributed by atoms with Gasteiger partial charge in [-0.2, -0.15) is 20.2 Å². The number of allylic oxidation sites excluding steroid dienone is 2. The smallest absolute Gasteiger partial charge is 0.298 e. The third kappa shape index (κ3) is 9.70. The van der Waals surface area contributed by atoms with Crippen LogP contribution in [-0.4, -0.2) is 68.6 Å². The van der Waals surface area contributed by atoms with Crippen molar-refractivity contribution in [3.63, 3.8) is 0 Å². The van der Waals surface area contributed by atoms with Crippen molar-refractivity contribution < 1.29 is 28.7 Å². The van der Waals surface area contributed by atoms with Crippen LogP contribution in [-0.2, 0) is 45.9 Å². The van der Waals surface area contributed by atoms with E-state index in [1.165, 1.54) is 0 Å². The molecule has 68 heavy (non-hydrogen) atoms. The average molecular weight is 925 g/mol. The highest BCUT2D eigenvalue weighted by Gasteiger charge is 2.24. The highest BCUT2D eigenvalue weighted by atomic mass is 16.5. The van der Waals surface area contributed by atoms with Crippen molar-refractivity contribution in [2.45, 2.75) is 114 Å². The quantitative estimate of drug-likeness (QED) is 0.0919. The topological polar surface area (TPSA) is 219 Å². The Kier molecular flexibility index (Phi) is 14.5. The van der Waals surface area contributed by atoms with Gasteiger partial charge in [-0.3, -0.25) is 28.5 Å². The maximum Gasteiger partial charge on any atom is 0.298 e. The molecule has 18 heteroatoms. The fourth-order valence-electron chi connectivity index (χ4n) is 8.43. The lowest BCUT2D eigenvalue weighted by molar-refractivity contribution is 0.0977. The molecule has 18 nitrogen and oxygen atoms in total. The van der Waals surface area contributed by atoms with Crippen molar-refractivity contribution in [2.75, 3.05) is 7.11 Å². The number of carbonyl (C=O) groups is 4. The lowest BCUT2D eigenvalue weighted by Crippen LogP contribution is -2.30. The average Bonchev–Trinajstić information content (AvgIpc) is 4.06. The molecule has 4 N–H and O–H groups in total. The number of carbonyl (C=O) groups excluding carboxylic acids is 4. The normalized spacial score (nSPS) is 12.6. The van der Waals surface area contributed by atoms with E-state index in [2.05, 4.69) is 10.2 Å². The molecule has 7 rings (SSSR count). The maximum atomic E-state index is 14.3. The Morgan fingerprint density at radius 3 is 1.65 bits per heavy atom. The zero-order valence-electron chi connectivity index (χ0n) is 40.3. The van der Waals surface area contributed by atoms with Crippen LogP contribution in [0.1, 0.15) is 113 Å². The van der Waals surface area contributed by atoms with E-state index in [1.54, 1.807) is 52.9 Å². The third-order valence-corrected chi connectivity index (χ3v) is 11.9. The molecule has 0 spiro atoms. The Labute approximate surface area is 393 Å². The van der Waals surface area contributed by atoms with E-state index in [-0.39, 0.29) is 25.3 Å². The highest BCUT2D eigenvalue weighted by molar-refractivity contribution is 5.99. The van der Waals surface area contributed by atoms with Crippen LogP contribution < -0.4 is 32.2 Å². The van der Waals surface area contributed by atoms with Gasteiger partial charge < -0.3 is 39.2 Å². The van der Waals surface area contributed by atoms with Gasteiger partial charge in [-0.25, -0.2) is 0 Å². The standard InChI is InChI=1S/C50H60N12O6/c1-10-20-57-39-24-35(45(51)63)16-19-38(39)59(49(57)53-47(65)41-22-32(7)55-61(41)12-3)27-30(5)31(6)28-60-44-40(58(21-11-2)50(60)54-48(66)42-23-33(8)56-62(42)13-4)25-36(46(52)64)26-43(44)68-29-34-14-17-37(67-9)18-15-34/h14-19,22-26H,10-13,20-21,27-29H2,1-9H3,(H2,51,63)(H2,52,64)/b31-30+,53-49?,54-50?. The van der Waals surface area contributed by atoms with Crippen molar-refractivity contribution >= 4 is 45.7 Å². The molecule has 4 amide bonds. The summed E-state index contributed by atoms with van der Waals surface area (Å²) in [6.45, 7) is 18.1. The van der Waals surface area contributed by atoms with Crippen molar-refractivity contribution in [2.24, 2.45) is 21.5 Å². The van der Waals surface area contributed by atoms with Gasteiger partial charge in [-0.15, -0.1) is 0 Å². The first kappa shape index (κ1) is 48.2. The van der Waals surface area contributed by atoms with Crippen LogP contribution in [0.4, 0.5) is 0 Å². The number of aryl methyl sites for hydroxylation is 6. The molecule has 0 saturated carbocycles. The summed E-state index contributed by atoms with van der Waals surface area (Å²) < 4.78 is 23.0. The predicted molar refractivity (Wildman–Crippen MR) is 258 cm³/mol. The predicted octanol–water partition coefficient (Wildman–Crippen LogP) is 6.37. The molecule has 0 unspecified atom stereocenters. The number of hydrogen-bond acceptors (Lipinski definition) is 8. The molecule has 0 atom stereocenters. The molecule has 0 aliphatic heterocycles. The minimum atomic E-state index is -0.642. The molecule has 0 radical (unpaired) electrons. The van der Waals surface area contributed by atoms with E-state index >= 15 is 0 Å². The van der Waals surface area contributed by atoms with Gasteiger partial charge in [0, 0.05) is 50.4 Å². The Hall–Kier alpha value is -7.76. The zero-order valence-corrected chi connectivity index (χ0v) is 40.3. The number of imidazole rings is 2. The van der Waals surface area contributed by atoms with Crippen LogP contribution in [0, 0.1) is 13.8 Å². The molecule has 0 aliphatic rings. The second kappa shape index (κ2) is 20.4. The van der Waals surface area contributed by atoms with Crippen molar-refractivity contribution in [1.82, 2.24) is 37.8 Å². The molecule has 356 valence electrons. The van der Waals surface area contributed by atoms with Gasteiger partial charge >= 0.3 is 0 Å². The molecular formula is C50H60N12O6. The fraction of sp³-hybridized carbons (Fsp3) is 0.360. The first-order valence-electron chi connectivity index (χ1n) is 22.9. The molecular weight excluding hydrogens is 865 g/mol. The van der Waals surface area contributed by atoms with E-state index < -0.39 is 23.6 Å². The number of ether oxygens (including phenoxy) is 2. The number of methoxy groups -OCH3 is 1. The van der Waals surface area contributed by atoms with Crippen LogP contribution in [0.5, 0.6) is 11.5 Å². The summed E-state index contributed by atoms with van der Waals surface area (Å²) in [6.07, 6.45) is 1.38. The molecule has 7 aromatic rings. The minimum Gasteiger partial charge on any atom is -0.497 e.